The number of ketones is 1. The highest BCUT2D eigenvalue weighted by atomic mass is 19.1. The van der Waals surface area contributed by atoms with Crippen molar-refractivity contribution in [1.29, 1.82) is 0 Å². The highest BCUT2D eigenvalue weighted by molar-refractivity contribution is 5.98. The summed E-state index contributed by atoms with van der Waals surface area (Å²) in [6.45, 7) is 26.2. The number of hydrogen-bond donors (Lipinski definition) is 2. The fourth-order valence-corrected chi connectivity index (χ4v) is 3.96. The fourth-order valence-electron chi connectivity index (χ4n) is 3.96. The van der Waals surface area contributed by atoms with Crippen molar-refractivity contribution in [3.8, 4) is 11.3 Å². The van der Waals surface area contributed by atoms with E-state index in [1.54, 1.807) is 18.2 Å². The van der Waals surface area contributed by atoms with Crippen LogP contribution < -0.4 is 11.1 Å². The summed E-state index contributed by atoms with van der Waals surface area (Å²) in [7, 11) is 1.95. The zero-order chi connectivity index (χ0) is 34.5. The molecule has 0 amide bonds. The van der Waals surface area contributed by atoms with Gasteiger partial charge in [-0.2, -0.15) is 0 Å². The number of nitrogens with one attached hydrogen (secondary N) is 1. The Hall–Kier alpha value is -3.90. The molecule has 1 aromatic heterocycles. The lowest BCUT2D eigenvalue weighted by atomic mass is 9.97. The molecule has 244 valence electrons. The van der Waals surface area contributed by atoms with E-state index in [1.165, 1.54) is 29.5 Å². The van der Waals surface area contributed by atoms with Crippen molar-refractivity contribution < 1.29 is 14.0 Å². The van der Waals surface area contributed by atoms with Crippen LogP contribution in [0.2, 0.25) is 0 Å². The number of pyridine rings is 1. The molecule has 0 aliphatic heterocycles. The lowest BCUT2D eigenvalue weighted by Crippen LogP contribution is -2.12. The van der Waals surface area contributed by atoms with E-state index >= 15 is 0 Å². The molecular weight excluding hydrogens is 549 g/mol. The summed E-state index contributed by atoms with van der Waals surface area (Å²) in [6, 6.07) is 14.0. The smallest absolute Gasteiger partial charge is 0.162 e. The van der Waals surface area contributed by atoms with Gasteiger partial charge in [0.25, 0.3) is 0 Å². The molecule has 0 radical (unpaired) electrons. The highest BCUT2D eigenvalue weighted by Gasteiger charge is 2.11. The van der Waals surface area contributed by atoms with Crippen LogP contribution in [0.15, 0.2) is 74.5 Å². The molecule has 2 aromatic carbocycles. The lowest BCUT2D eigenvalue weighted by molar-refractivity contribution is 0.0986. The maximum atomic E-state index is 13.1. The second-order valence-corrected chi connectivity index (χ2v) is 8.76. The van der Waals surface area contributed by atoms with E-state index in [0.717, 1.165) is 66.6 Å². The molecular formula is C38H58FN3O2. The molecule has 0 saturated heterocycles. The molecule has 0 unspecified atom stereocenters. The number of aromatic nitrogens is 1. The quantitative estimate of drug-likeness (QED) is 0.136. The summed E-state index contributed by atoms with van der Waals surface area (Å²) in [6.07, 6.45) is 6.41. The number of likely N-dealkylation sites (N-methyl/N-ethyl adjacent to an activating group) is 1. The number of hydrogen-bond acceptors (Lipinski definition) is 5. The SMILES string of the molecule is C=C.C=CN.CC.CC.CCC(=O)c1ccc(C=O)cc1CC.CCCc1cc(CCNC)nc(-c2ccc(F)cc2)c1C. The number of carbonyl (C=O) groups is 2. The summed E-state index contributed by atoms with van der Waals surface area (Å²) in [4.78, 5) is 26.8. The molecule has 0 saturated carbocycles. The third-order valence-electron chi connectivity index (χ3n) is 5.97. The number of benzene rings is 2. The number of aryl methyl sites for hydroxylation is 2. The molecule has 6 heteroatoms. The van der Waals surface area contributed by atoms with Gasteiger partial charge >= 0.3 is 0 Å². The number of nitrogens with zero attached hydrogens (tertiary/aromatic N) is 1. The van der Waals surface area contributed by atoms with Gasteiger partial charge in [-0.3, -0.25) is 14.6 Å². The average molecular weight is 608 g/mol. The number of rotatable bonds is 10. The maximum absolute atomic E-state index is 13.1. The average Bonchev–Trinajstić information content (AvgIpc) is 3.08. The van der Waals surface area contributed by atoms with Gasteiger partial charge in [0.05, 0.1) is 5.69 Å². The predicted molar refractivity (Wildman–Crippen MR) is 190 cm³/mol. The molecule has 0 spiro atoms. The van der Waals surface area contributed by atoms with Gasteiger partial charge in [0, 0.05) is 41.8 Å². The highest BCUT2D eigenvalue weighted by Crippen LogP contribution is 2.26. The first-order chi connectivity index (χ1) is 21.3. The van der Waals surface area contributed by atoms with E-state index in [0.29, 0.717) is 12.0 Å². The van der Waals surface area contributed by atoms with Crippen LogP contribution in [0.4, 0.5) is 4.39 Å². The van der Waals surface area contributed by atoms with Crippen LogP contribution in [0.3, 0.4) is 0 Å². The largest absolute Gasteiger partial charge is 0.405 e. The van der Waals surface area contributed by atoms with Gasteiger partial charge in [-0.25, -0.2) is 4.39 Å². The Morgan fingerprint density at radius 2 is 1.52 bits per heavy atom. The topological polar surface area (TPSA) is 85.1 Å². The zero-order valence-electron chi connectivity index (χ0n) is 28.9. The summed E-state index contributed by atoms with van der Waals surface area (Å²) < 4.78 is 13.1. The van der Waals surface area contributed by atoms with Crippen molar-refractivity contribution >= 4 is 12.1 Å². The van der Waals surface area contributed by atoms with Crippen molar-refractivity contribution in [2.75, 3.05) is 13.6 Å². The molecule has 0 aliphatic carbocycles. The fraction of sp³-hybridized carbons (Fsp3) is 0.395. The van der Waals surface area contributed by atoms with Gasteiger partial charge in [0.15, 0.2) is 5.78 Å². The Morgan fingerprint density at radius 3 is 1.98 bits per heavy atom. The van der Waals surface area contributed by atoms with Gasteiger partial charge in [-0.15, -0.1) is 13.2 Å². The first-order valence-corrected chi connectivity index (χ1v) is 15.6. The van der Waals surface area contributed by atoms with Crippen molar-refractivity contribution in [2.24, 2.45) is 5.73 Å². The minimum absolute atomic E-state index is 0.138. The first kappa shape index (κ1) is 44.5. The lowest BCUT2D eigenvalue weighted by Gasteiger charge is -2.13. The number of nitrogens with two attached hydrogens (primary N) is 1. The third-order valence-corrected chi connectivity index (χ3v) is 5.97. The van der Waals surface area contributed by atoms with Crippen molar-refractivity contribution in [3.63, 3.8) is 0 Å². The van der Waals surface area contributed by atoms with Gasteiger partial charge in [0.2, 0.25) is 0 Å². The van der Waals surface area contributed by atoms with E-state index < -0.39 is 0 Å². The molecule has 0 fully saturated rings. The summed E-state index contributed by atoms with van der Waals surface area (Å²) in [5.41, 5.74) is 12.6. The van der Waals surface area contributed by atoms with E-state index in [1.807, 2.05) is 60.7 Å². The molecule has 5 nitrogen and oxygen atoms in total. The van der Waals surface area contributed by atoms with Crippen LogP contribution in [0, 0.1) is 12.7 Å². The van der Waals surface area contributed by atoms with E-state index in [-0.39, 0.29) is 11.6 Å². The van der Waals surface area contributed by atoms with Gasteiger partial charge in [0.1, 0.15) is 12.1 Å². The number of carbonyl (C=O) groups excluding carboxylic acids is 2. The van der Waals surface area contributed by atoms with Crippen LogP contribution >= 0.6 is 0 Å². The van der Waals surface area contributed by atoms with Crippen LogP contribution in [0.25, 0.3) is 11.3 Å². The number of halogens is 1. The molecule has 3 N–H and O–H groups in total. The van der Waals surface area contributed by atoms with Crippen molar-refractivity contribution in [3.05, 3.63) is 114 Å². The molecule has 1 heterocycles. The minimum Gasteiger partial charge on any atom is -0.405 e. The van der Waals surface area contributed by atoms with E-state index in [9.17, 15) is 14.0 Å². The summed E-state index contributed by atoms with van der Waals surface area (Å²) >= 11 is 0. The standard InChI is InChI=1S/C18H23FN2.C12H14O2.C2H5N.2C2H6.C2H4/c1-4-5-15-12-17(10-11-20-3)21-18(13(15)2)14-6-8-16(19)9-7-14;1-3-10-7-9(8-13)5-6-11(10)12(14)4-2;1-2-3;3*1-2/h6-9,12,20H,4-5,10-11H2,1-3H3;5-8H,3-4H2,1-2H3;2H,1,3H2;2*1-2H3;1-2H2. The molecule has 0 bridgehead atoms. The Kier molecular flexibility index (Phi) is 29.5. The van der Waals surface area contributed by atoms with E-state index in [4.69, 9.17) is 4.98 Å². The number of Topliss-reactive ketones (excluding diaryl/α,β-unsaturated/α-hetero) is 1. The second-order valence-electron chi connectivity index (χ2n) is 8.76. The monoisotopic (exact) mass is 607 g/mol. The third kappa shape index (κ3) is 16.7. The van der Waals surface area contributed by atoms with Crippen molar-refractivity contribution in [2.45, 2.75) is 87.5 Å². The Bertz CT molecular complexity index is 1190. The minimum atomic E-state index is -0.212. The predicted octanol–water partition coefficient (Wildman–Crippen LogP) is 9.51. The van der Waals surface area contributed by atoms with Crippen LogP contribution in [-0.2, 0) is 19.3 Å². The maximum Gasteiger partial charge on any atom is 0.162 e. The normalized spacial score (nSPS) is 8.95. The summed E-state index contributed by atoms with van der Waals surface area (Å²) in [5, 5.41) is 3.16. The van der Waals surface area contributed by atoms with E-state index in [2.05, 4.69) is 50.7 Å². The zero-order valence-corrected chi connectivity index (χ0v) is 28.9. The molecule has 0 aliphatic rings. The Balaban J connectivity index is -0.000000633. The molecule has 0 atom stereocenters. The molecule has 44 heavy (non-hydrogen) atoms. The Labute approximate surface area is 267 Å². The van der Waals surface area contributed by atoms with Gasteiger partial charge in [-0.1, -0.05) is 73.6 Å². The van der Waals surface area contributed by atoms with Gasteiger partial charge < -0.3 is 11.1 Å². The molecule has 3 rings (SSSR count). The van der Waals surface area contributed by atoms with Crippen LogP contribution in [0.5, 0.6) is 0 Å². The first-order valence-electron chi connectivity index (χ1n) is 15.6. The molecule has 3 aromatic rings. The van der Waals surface area contributed by atoms with Gasteiger partial charge in [-0.05, 0) is 86.1 Å². The summed E-state index contributed by atoms with van der Waals surface area (Å²) in [5.74, 6) is -0.0733. The number of aldehydes is 1. The van der Waals surface area contributed by atoms with Crippen molar-refractivity contribution in [1.82, 2.24) is 10.3 Å². The Morgan fingerprint density at radius 1 is 0.955 bits per heavy atom. The van der Waals surface area contributed by atoms with Crippen LogP contribution in [0.1, 0.15) is 104 Å². The van der Waals surface area contributed by atoms with Crippen LogP contribution in [-0.4, -0.2) is 30.6 Å². The second kappa shape index (κ2) is 29.2.